The molecule has 6 N–H and O–H groups in total. The summed E-state index contributed by atoms with van der Waals surface area (Å²) in [4.78, 5) is 13.2. The lowest BCUT2D eigenvalue weighted by atomic mass is 9.46. The van der Waals surface area contributed by atoms with Crippen LogP contribution in [0.1, 0.15) is 85.5 Å². The molecule has 4 rings (SSSR count). The number of hydrogen-bond acceptors (Lipinski definition) is 7. The lowest BCUT2D eigenvalue weighted by molar-refractivity contribution is -0.173. The average molecular weight is 481 g/mol. The van der Waals surface area contributed by atoms with Crippen LogP contribution in [-0.4, -0.2) is 72.0 Å². The molecule has 0 aromatic heterocycles. The Morgan fingerprint density at radius 2 is 1.76 bits per heavy atom. The lowest BCUT2D eigenvalue weighted by Gasteiger charge is -2.60. The molecule has 7 nitrogen and oxygen atoms in total. The normalized spacial score (nSPS) is 46.4. The van der Waals surface area contributed by atoms with Gasteiger partial charge in [0.25, 0.3) is 0 Å². The monoisotopic (exact) mass is 480 g/mol. The van der Waals surface area contributed by atoms with Gasteiger partial charge in [-0.25, -0.2) is 0 Å². The molecule has 0 radical (unpaired) electrons. The summed E-state index contributed by atoms with van der Waals surface area (Å²) in [6.07, 6.45) is 4.64. The first kappa shape index (κ1) is 26.2. The molecule has 7 heteroatoms. The Hall–Kier alpha value is -0.830. The van der Waals surface area contributed by atoms with Crippen LogP contribution < -0.4 is 0 Å². The Labute approximate surface area is 202 Å². The van der Waals surface area contributed by atoms with Gasteiger partial charge in [-0.15, -0.1) is 0 Å². The van der Waals surface area contributed by atoms with E-state index in [-0.39, 0.29) is 35.9 Å². The fourth-order valence-electron chi connectivity index (χ4n) is 8.30. The maximum Gasteiger partial charge on any atom is 0.159 e. The maximum absolute atomic E-state index is 13.2. The smallest absolute Gasteiger partial charge is 0.159 e. The summed E-state index contributed by atoms with van der Waals surface area (Å²) in [5, 5.41) is 64.4. The summed E-state index contributed by atoms with van der Waals surface area (Å²) < 4.78 is 0. The molecule has 3 fully saturated rings. The predicted octanol–water partition coefficient (Wildman–Crippen LogP) is 1.86. The molecular formula is C27H44O7. The Morgan fingerprint density at radius 3 is 2.41 bits per heavy atom. The van der Waals surface area contributed by atoms with E-state index in [0.29, 0.717) is 32.1 Å². The van der Waals surface area contributed by atoms with Crippen molar-refractivity contribution in [3.63, 3.8) is 0 Å². The largest absolute Gasteiger partial charge is 0.393 e. The second kappa shape index (κ2) is 8.35. The minimum absolute atomic E-state index is 0.00773. The van der Waals surface area contributed by atoms with Crippen molar-refractivity contribution in [2.24, 2.45) is 28.6 Å². The maximum atomic E-state index is 13.2. The number of hydrogen-bond donors (Lipinski definition) is 6. The van der Waals surface area contributed by atoms with Gasteiger partial charge in [0.15, 0.2) is 5.78 Å². The van der Waals surface area contributed by atoms with Gasteiger partial charge in [-0.3, -0.25) is 4.79 Å². The number of aliphatic hydroxyl groups is 6. The van der Waals surface area contributed by atoms with Gasteiger partial charge in [0.1, 0.15) is 0 Å². The van der Waals surface area contributed by atoms with Crippen LogP contribution in [0.4, 0.5) is 0 Å². The second-order valence-corrected chi connectivity index (χ2v) is 12.9. The van der Waals surface area contributed by atoms with E-state index in [1.54, 1.807) is 13.0 Å². The van der Waals surface area contributed by atoms with Crippen LogP contribution in [0.15, 0.2) is 11.6 Å². The van der Waals surface area contributed by atoms with Crippen LogP contribution in [0.2, 0.25) is 0 Å². The zero-order valence-corrected chi connectivity index (χ0v) is 21.1. The quantitative estimate of drug-likeness (QED) is 0.341. The van der Waals surface area contributed by atoms with Crippen molar-refractivity contribution < 1.29 is 35.4 Å². The van der Waals surface area contributed by atoms with E-state index in [2.05, 4.69) is 6.92 Å². The van der Waals surface area contributed by atoms with E-state index in [1.165, 1.54) is 6.92 Å². The van der Waals surface area contributed by atoms with Crippen molar-refractivity contribution in [2.45, 2.75) is 114 Å². The van der Waals surface area contributed by atoms with Crippen LogP contribution in [0.5, 0.6) is 0 Å². The summed E-state index contributed by atoms with van der Waals surface area (Å²) in [7, 11) is 0. The van der Waals surface area contributed by atoms with Crippen molar-refractivity contribution in [1.29, 1.82) is 0 Å². The number of allylic oxidation sites excluding steroid dienone is 1. The van der Waals surface area contributed by atoms with Gasteiger partial charge in [-0.05, 0) is 101 Å². The van der Waals surface area contributed by atoms with Gasteiger partial charge in [-0.2, -0.15) is 0 Å². The van der Waals surface area contributed by atoms with Crippen LogP contribution in [-0.2, 0) is 4.79 Å². The summed E-state index contributed by atoms with van der Waals surface area (Å²) in [6, 6.07) is 0. The van der Waals surface area contributed by atoms with Gasteiger partial charge >= 0.3 is 0 Å². The Balaban J connectivity index is 1.63. The standard InChI is InChI=1S/C27H44O7/c1-23(32,15-28)9-8-22(31)26(4,33)21-7-12-27(34)18-14-20(30)19-13-16(29)5-10-24(19,2)17(18)6-11-25(21,27)3/h14,16-17,19,21-22,28-29,31-34H,5-13,15H2,1-4H3/t16-,17?,19+,21-,22-,23?,24-,25-,26?,27-/m1/s1. The first-order chi connectivity index (χ1) is 15.6. The highest BCUT2D eigenvalue weighted by Crippen LogP contribution is 2.68. The van der Waals surface area contributed by atoms with Crippen molar-refractivity contribution in [3.8, 4) is 0 Å². The molecule has 0 heterocycles. The van der Waals surface area contributed by atoms with Gasteiger partial charge in [-0.1, -0.05) is 13.8 Å². The predicted molar refractivity (Wildman–Crippen MR) is 127 cm³/mol. The molecule has 4 aliphatic rings. The zero-order chi connectivity index (χ0) is 25.3. The highest BCUT2D eigenvalue weighted by Gasteiger charge is 2.68. The average Bonchev–Trinajstić information content (AvgIpc) is 3.05. The molecule has 0 spiro atoms. The molecule has 0 aliphatic heterocycles. The van der Waals surface area contributed by atoms with E-state index in [0.717, 1.165) is 18.4 Å². The van der Waals surface area contributed by atoms with E-state index in [4.69, 9.17) is 0 Å². The van der Waals surface area contributed by atoms with Crippen molar-refractivity contribution in [3.05, 3.63) is 11.6 Å². The zero-order valence-electron chi connectivity index (χ0n) is 21.1. The van der Waals surface area contributed by atoms with Crippen molar-refractivity contribution in [2.75, 3.05) is 6.61 Å². The van der Waals surface area contributed by atoms with Crippen molar-refractivity contribution in [1.82, 2.24) is 0 Å². The Bertz CT molecular complexity index is 850. The minimum atomic E-state index is -1.50. The number of aliphatic hydroxyl groups excluding tert-OH is 3. The minimum Gasteiger partial charge on any atom is -0.393 e. The topological polar surface area (TPSA) is 138 Å². The van der Waals surface area contributed by atoms with Gasteiger partial charge in [0.05, 0.1) is 35.6 Å². The molecule has 0 aromatic rings. The second-order valence-electron chi connectivity index (χ2n) is 12.9. The van der Waals surface area contributed by atoms with Gasteiger partial charge in [0, 0.05) is 11.3 Å². The van der Waals surface area contributed by atoms with Gasteiger partial charge < -0.3 is 30.6 Å². The number of carbonyl (C=O) groups is 1. The van der Waals surface area contributed by atoms with Crippen LogP contribution in [0.25, 0.3) is 0 Å². The third kappa shape index (κ3) is 3.73. The molecule has 3 saturated carbocycles. The summed E-state index contributed by atoms with van der Waals surface area (Å²) >= 11 is 0. The third-order valence-electron chi connectivity index (χ3n) is 10.7. The lowest BCUT2D eigenvalue weighted by Crippen LogP contribution is -2.62. The van der Waals surface area contributed by atoms with Crippen LogP contribution in [0, 0.1) is 28.6 Å². The molecule has 0 aromatic carbocycles. The van der Waals surface area contributed by atoms with Gasteiger partial charge in [0.2, 0.25) is 0 Å². The first-order valence-electron chi connectivity index (χ1n) is 13.0. The van der Waals surface area contributed by atoms with Crippen LogP contribution in [0.3, 0.4) is 0 Å². The number of fused-ring (bicyclic) bond motifs is 5. The van der Waals surface area contributed by atoms with E-state index in [9.17, 15) is 35.4 Å². The molecular weight excluding hydrogens is 436 g/mol. The van der Waals surface area contributed by atoms with Crippen molar-refractivity contribution >= 4 is 5.78 Å². The highest BCUT2D eigenvalue weighted by atomic mass is 16.3. The molecule has 0 amide bonds. The molecule has 194 valence electrons. The summed E-state index contributed by atoms with van der Waals surface area (Å²) in [5.74, 6) is -0.560. The van der Waals surface area contributed by atoms with E-state index in [1.807, 2.05) is 6.92 Å². The Kier molecular flexibility index (Phi) is 6.45. The summed E-state index contributed by atoms with van der Waals surface area (Å²) in [6.45, 7) is 6.80. The number of rotatable bonds is 6. The molecule has 3 unspecified atom stereocenters. The molecule has 0 bridgehead atoms. The number of ketones is 1. The highest BCUT2D eigenvalue weighted by molar-refractivity contribution is 5.95. The fraction of sp³-hybridized carbons (Fsp3) is 0.889. The third-order valence-corrected chi connectivity index (χ3v) is 10.7. The Morgan fingerprint density at radius 1 is 1.09 bits per heavy atom. The van der Waals surface area contributed by atoms with Crippen LogP contribution >= 0.6 is 0 Å². The first-order valence-corrected chi connectivity index (χ1v) is 13.0. The summed E-state index contributed by atoms with van der Waals surface area (Å²) in [5.41, 5.74) is -4.27. The molecule has 34 heavy (non-hydrogen) atoms. The molecule has 4 aliphatic carbocycles. The molecule has 10 atom stereocenters. The fourth-order valence-corrected chi connectivity index (χ4v) is 8.30. The SMILES string of the molecule is CC(O)(CO)CC[C@@H](O)C(C)(O)[C@@H]1CC[C@@]2(O)C3=CC(=O)[C@@H]4C[C@H](O)CC[C@]4(C)C3CC[C@]12C. The van der Waals surface area contributed by atoms with E-state index >= 15 is 0 Å². The van der Waals surface area contributed by atoms with E-state index < -0.39 is 47.0 Å². The number of carbonyl (C=O) groups excluding carboxylic acids is 1. The molecule has 0 saturated heterocycles.